The van der Waals surface area contributed by atoms with Crippen molar-refractivity contribution in [3.05, 3.63) is 58.2 Å². The summed E-state index contributed by atoms with van der Waals surface area (Å²) in [5, 5.41) is 0. The third kappa shape index (κ3) is 2.65. The molecule has 0 bridgehead atoms. The zero-order valence-corrected chi connectivity index (χ0v) is 13.9. The van der Waals surface area contributed by atoms with E-state index in [1.54, 1.807) is 30.6 Å². The van der Waals surface area contributed by atoms with Crippen molar-refractivity contribution in [2.45, 2.75) is 19.1 Å². The van der Waals surface area contributed by atoms with Crippen LogP contribution in [0, 0.1) is 0 Å². The van der Waals surface area contributed by atoms with E-state index in [-0.39, 0.29) is 5.75 Å². The number of hydrogen-bond acceptors (Lipinski definition) is 4. The quantitative estimate of drug-likeness (QED) is 0.677. The molecule has 0 aliphatic carbocycles. The molecule has 0 unspecified atom stereocenters. The summed E-state index contributed by atoms with van der Waals surface area (Å²) in [6.07, 6.45) is 3.57. The Labute approximate surface area is 144 Å². The summed E-state index contributed by atoms with van der Waals surface area (Å²) in [5.74, 6) is 0.105. The molecule has 0 radical (unpaired) electrons. The summed E-state index contributed by atoms with van der Waals surface area (Å²) in [6, 6.07) is 6.67. The Hall–Kier alpha value is -2.06. The van der Waals surface area contributed by atoms with E-state index in [0.717, 1.165) is 11.4 Å². The molecule has 24 heavy (non-hydrogen) atoms. The van der Waals surface area contributed by atoms with Gasteiger partial charge < -0.3 is 9.47 Å². The van der Waals surface area contributed by atoms with Crippen LogP contribution < -0.4 is 4.74 Å². The van der Waals surface area contributed by atoms with Crippen LogP contribution in [0.2, 0.25) is 0 Å². The van der Waals surface area contributed by atoms with Crippen molar-refractivity contribution in [3.63, 3.8) is 0 Å². The van der Waals surface area contributed by atoms with Crippen molar-refractivity contribution >= 4 is 21.6 Å². The van der Waals surface area contributed by atoms with Crippen molar-refractivity contribution < 1.29 is 18.3 Å². The number of rotatable bonds is 3. The highest BCUT2D eigenvalue weighted by atomic mass is 79.9. The zero-order chi connectivity index (χ0) is 16.7. The van der Waals surface area contributed by atoms with Crippen LogP contribution >= 0.6 is 15.9 Å². The number of para-hydroxylation sites is 1. The van der Waals surface area contributed by atoms with Crippen molar-refractivity contribution in [2.24, 2.45) is 0 Å². The molecule has 1 aliphatic heterocycles. The minimum Gasteiger partial charge on any atom is -0.434 e. The van der Waals surface area contributed by atoms with Gasteiger partial charge in [-0.25, -0.2) is 9.97 Å². The second kappa shape index (κ2) is 6.10. The number of ether oxygens (including phenoxy) is 2. The molecular formula is C16H12BrF2N3O2. The summed E-state index contributed by atoms with van der Waals surface area (Å²) in [6.45, 7) is -2.44. The predicted molar refractivity (Wildman–Crippen MR) is 85.3 cm³/mol. The number of alkyl halides is 2. The highest BCUT2D eigenvalue weighted by molar-refractivity contribution is 9.10. The molecule has 0 fully saturated rings. The number of nitrogens with zero attached hydrogens (tertiary/aromatic N) is 3. The van der Waals surface area contributed by atoms with Gasteiger partial charge in [-0.2, -0.15) is 8.78 Å². The van der Waals surface area contributed by atoms with Crippen LogP contribution in [0.5, 0.6) is 5.75 Å². The molecule has 0 saturated heterocycles. The summed E-state index contributed by atoms with van der Waals surface area (Å²) in [4.78, 5) is 8.75. The van der Waals surface area contributed by atoms with E-state index in [1.165, 1.54) is 6.07 Å². The van der Waals surface area contributed by atoms with E-state index in [0.29, 0.717) is 28.8 Å². The summed E-state index contributed by atoms with van der Waals surface area (Å²) in [7, 11) is 0. The van der Waals surface area contributed by atoms with Crippen LogP contribution in [0.1, 0.15) is 23.1 Å². The Kier molecular flexibility index (Phi) is 3.93. The lowest BCUT2D eigenvalue weighted by Crippen LogP contribution is -2.20. The van der Waals surface area contributed by atoms with Crippen LogP contribution in [0.4, 0.5) is 8.78 Å². The largest absolute Gasteiger partial charge is 0.434 e. The van der Waals surface area contributed by atoms with Gasteiger partial charge >= 0.3 is 6.61 Å². The van der Waals surface area contributed by atoms with Gasteiger partial charge in [0, 0.05) is 18.2 Å². The second-order valence-electron chi connectivity index (χ2n) is 5.30. The maximum atomic E-state index is 12.7. The Bertz CT molecular complexity index is 900. The lowest BCUT2D eigenvalue weighted by Gasteiger charge is -2.25. The fourth-order valence-electron chi connectivity index (χ4n) is 2.95. The topological polar surface area (TPSA) is 48.7 Å². The highest BCUT2D eigenvalue weighted by Gasteiger charge is 2.30. The number of imidazole rings is 1. The van der Waals surface area contributed by atoms with Gasteiger partial charge in [0.1, 0.15) is 16.5 Å². The van der Waals surface area contributed by atoms with Gasteiger partial charge in [0.2, 0.25) is 0 Å². The maximum absolute atomic E-state index is 12.7. The molecule has 0 amide bonds. The number of hydrogen-bond donors (Lipinski definition) is 0. The van der Waals surface area contributed by atoms with Gasteiger partial charge in [-0.15, -0.1) is 0 Å². The van der Waals surface area contributed by atoms with E-state index in [1.807, 2.05) is 4.40 Å². The summed E-state index contributed by atoms with van der Waals surface area (Å²) >= 11 is 3.34. The van der Waals surface area contributed by atoms with E-state index in [9.17, 15) is 8.78 Å². The smallest absolute Gasteiger partial charge is 0.387 e. The molecule has 0 spiro atoms. The lowest BCUT2D eigenvalue weighted by molar-refractivity contribution is -0.0522. The molecule has 2 aromatic heterocycles. The zero-order valence-electron chi connectivity index (χ0n) is 12.3. The SMILES string of the molecule is FC(F)Oc1ccccc1[C@H]1OCCc2nc3cnc(Br)cn3c21. The third-order valence-electron chi connectivity index (χ3n) is 3.88. The van der Waals surface area contributed by atoms with Gasteiger partial charge in [0.05, 0.1) is 24.2 Å². The first-order valence-corrected chi connectivity index (χ1v) is 8.10. The fraction of sp³-hybridized carbons (Fsp3) is 0.250. The number of aromatic nitrogens is 3. The van der Waals surface area contributed by atoms with Crippen LogP contribution in [0.25, 0.3) is 5.65 Å². The van der Waals surface area contributed by atoms with Crippen LogP contribution in [0.15, 0.2) is 41.3 Å². The van der Waals surface area contributed by atoms with Crippen LogP contribution in [0.3, 0.4) is 0 Å². The van der Waals surface area contributed by atoms with Gasteiger partial charge in [0.15, 0.2) is 5.65 Å². The molecule has 8 heteroatoms. The van der Waals surface area contributed by atoms with Gasteiger partial charge in [-0.1, -0.05) is 18.2 Å². The molecule has 3 heterocycles. The summed E-state index contributed by atoms with van der Waals surface area (Å²) < 4.78 is 38.5. The maximum Gasteiger partial charge on any atom is 0.387 e. The van der Waals surface area contributed by atoms with E-state index in [2.05, 4.69) is 30.6 Å². The van der Waals surface area contributed by atoms with Gasteiger partial charge in [-0.3, -0.25) is 4.40 Å². The normalized spacial score (nSPS) is 17.2. The minimum atomic E-state index is -2.89. The van der Waals surface area contributed by atoms with Crippen molar-refractivity contribution in [1.82, 2.24) is 14.4 Å². The van der Waals surface area contributed by atoms with Crippen LogP contribution in [-0.2, 0) is 11.2 Å². The monoisotopic (exact) mass is 395 g/mol. The molecule has 1 atom stereocenters. The van der Waals surface area contributed by atoms with E-state index < -0.39 is 12.7 Å². The van der Waals surface area contributed by atoms with Crippen LogP contribution in [-0.4, -0.2) is 27.6 Å². The molecule has 0 saturated carbocycles. The van der Waals surface area contributed by atoms with Gasteiger partial charge in [-0.05, 0) is 22.0 Å². The lowest BCUT2D eigenvalue weighted by atomic mass is 10.0. The first kappa shape index (κ1) is 15.5. The molecule has 1 aromatic carbocycles. The highest BCUT2D eigenvalue weighted by Crippen LogP contribution is 2.38. The second-order valence-corrected chi connectivity index (χ2v) is 6.11. The molecule has 4 rings (SSSR count). The number of halogens is 3. The molecule has 5 nitrogen and oxygen atoms in total. The molecule has 3 aromatic rings. The number of benzene rings is 1. The molecule has 1 aliphatic rings. The van der Waals surface area contributed by atoms with Crippen molar-refractivity contribution in [2.75, 3.05) is 6.61 Å². The molecule has 124 valence electrons. The van der Waals surface area contributed by atoms with E-state index >= 15 is 0 Å². The fourth-order valence-corrected chi connectivity index (χ4v) is 3.26. The Morgan fingerprint density at radius 1 is 1.33 bits per heavy atom. The van der Waals surface area contributed by atoms with Crippen molar-refractivity contribution in [3.8, 4) is 5.75 Å². The van der Waals surface area contributed by atoms with Gasteiger partial charge in [0.25, 0.3) is 0 Å². The average Bonchev–Trinajstić information content (AvgIpc) is 2.93. The summed E-state index contributed by atoms with van der Waals surface area (Å²) in [5.41, 5.74) is 2.92. The predicted octanol–water partition coefficient (Wildman–Crippen LogP) is 3.76. The Morgan fingerprint density at radius 2 is 2.17 bits per heavy atom. The Morgan fingerprint density at radius 3 is 3.00 bits per heavy atom. The first-order valence-electron chi connectivity index (χ1n) is 7.31. The molecule has 0 N–H and O–H groups in total. The first-order chi connectivity index (χ1) is 11.6. The Balaban J connectivity index is 1.88. The third-order valence-corrected chi connectivity index (χ3v) is 4.29. The standard InChI is InChI=1S/C16H12BrF2N3O2/c17-12-8-22-13(7-20-12)21-10-5-6-23-15(14(10)22)9-3-1-2-4-11(9)24-16(18)19/h1-4,7-8,15-16H,5-6H2/t15-/m1/s1. The average molecular weight is 396 g/mol. The van der Waals surface area contributed by atoms with E-state index in [4.69, 9.17) is 4.74 Å². The van der Waals surface area contributed by atoms with Crippen molar-refractivity contribution in [1.29, 1.82) is 0 Å². The minimum absolute atomic E-state index is 0.105. The molecular weight excluding hydrogens is 384 g/mol. The number of fused-ring (bicyclic) bond motifs is 3.